The number of halogens is 2. The zero-order chi connectivity index (χ0) is 18.7. The minimum atomic E-state index is -0.438. The van der Waals surface area contributed by atoms with Gasteiger partial charge in [0.1, 0.15) is 6.54 Å². The van der Waals surface area contributed by atoms with Crippen molar-refractivity contribution in [3.05, 3.63) is 62.9 Å². The number of esters is 1. The molecular weight excluding hydrogens is 395 g/mol. The van der Waals surface area contributed by atoms with Crippen LogP contribution in [0.1, 0.15) is 17.3 Å². The van der Waals surface area contributed by atoms with E-state index in [0.717, 1.165) is 4.70 Å². The number of fused-ring (bicyclic) bond motifs is 1. The summed E-state index contributed by atoms with van der Waals surface area (Å²) in [5, 5.41) is 0.842. The zero-order valence-corrected chi connectivity index (χ0v) is 16.1. The highest BCUT2D eigenvalue weighted by molar-refractivity contribution is 7.16. The quantitative estimate of drug-likeness (QED) is 0.604. The average Bonchev–Trinajstić information content (AvgIpc) is 2.93. The SMILES string of the molecule is CCOC(=O)Cn1c(=NC(=O)c2ccccc2)sc2cc(Cl)cc(Cl)c21. The Morgan fingerprint density at radius 3 is 2.62 bits per heavy atom. The van der Waals surface area contributed by atoms with Crippen molar-refractivity contribution in [1.82, 2.24) is 4.57 Å². The van der Waals surface area contributed by atoms with Crippen molar-refractivity contribution < 1.29 is 14.3 Å². The number of thiazole rings is 1. The van der Waals surface area contributed by atoms with E-state index >= 15 is 0 Å². The molecular formula is C18H14Cl2N2O3S. The van der Waals surface area contributed by atoms with Gasteiger partial charge in [0.2, 0.25) is 0 Å². The molecule has 0 N–H and O–H groups in total. The van der Waals surface area contributed by atoms with Crippen LogP contribution in [0.5, 0.6) is 0 Å². The van der Waals surface area contributed by atoms with Crippen LogP contribution in [0.4, 0.5) is 0 Å². The number of hydrogen-bond donors (Lipinski definition) is 0. The van der Waals surface area contributed by atoms with E-state index in [-0.39, 0.29) is 13.2 Å². The van der Waals surface area contributed by atoms with Crippen molar-refractivity contribution in [2.75, 3.05) is 6.61 Å². The molecule has 0 aliphatic carbocycles. The first-order valence-electron chi connectivity index (χ1n) is 7.77. The summed E-state index contributed by atoms with van der Waals surface area (Å²) in [4.78, 5) is 29.0. The van der Waals surface area contributed by atoms with E-state index in [0.29, 0.717) is 25.9 Å². The first-order chi connectivity index (χ1) is 12.5. The van der Waals surface area contributed by atoms with Crippen LogP contribution in [-0.2, 0) is 16.1 Å². The molecule has 3 rings (SSSR count). The third kappa shape index (κ3) is 3.98. The lowest BCUT2D eigenvalue weighted by Gasteiger charge is -2.06. The van der Waals surface area contributed by atoms with Crippen molar-refractivity contribution in [3.63, 3.8) is 0 Å². The van der Waals surface area contributed by atoms with Gasteiger partial charge in [-0.3, -0.25) is 9.59 Å². The summed E-state index contributed by atoms with van der Waals surface area (Å²) in [6, 6.07) is 12.0. The van der Waals surface area contributed by atoms with Gasteiger partial charge < -0.3 is 9.30 Å². The minimum Gasteiger partial charge on any atom is -0.465 e. The molecule has 1 aromatic heterocycles. The van der Waals surface area contributed by atoms with E-state index in [1.54, 1.807) is 47.9 Å². The number of aromatic nitrogens is 1. The molecule has 0 radical (unpaired) electrons. The van der Waals surface area contributed by atoms with Crippen LogP contribution in [-0.4, -0.2) is 23.1 Å². The molecule has 0 unspecified atom stereocenters. The summed E-state index contributed by atoms with van der Waals surface area (Å²) in [7, 11) is 0. The largest absolute Gasteiger partial charge is 0.465 e. The Hall–Kier alpha value is -2.15. The molecule has 26 heavy (non-hydrogen) atoms. The fourth-order valence-electron chi connectivity index (χ4n) is 2.43. The lowest BCUT2D eigenvalue weighted by atomic mass is 10.2. The van der Waals surface area contributed by atoms with E-state index in [1.165, 1.54) is 11.3 Å². The maximum absolute atomic E-state index is 12.5. The Labute approximate surface area is 163 Å². The topological polar surface area (TPSA) is 60.7 Å². The number of nitrogens with zero attached hydrogens (tertiary/aromatic N) is 2. The molecule has 0 bridgehead atoms. The molecule has 3 aromatic rings. The lowest BCUT2D eigenvalue weighted by molar-refractivity contribution is -0.143. The molecule has 0 aliphatic heterocycles. The summed E-state index contributed by atoms with van der Waals surface area (Å²) in [6.45, 7) is 1.89. The van der Waals surface area contributed by atoms with Gasteiger partial charge in [0, 0.05) is 10.6 Å². The average molecular weight is 409 g/mol. The van der Waals surface area contributed by atoms with Crippen molar-refractivity contribution in [2.45, 2.75) is 13.5 Å². The molecule has 0 saturated carbocycles. The van der Waals surface area contributed by atoms with Crippen molar-refractivity contribution >= 4 is 56.6 Å². The first kappa shape index (κ1) is 18.6. The Kier molecular flexibility index (Phi) is 5.76. The molecule has 2 aromatic carbocycles. The second kappa shape index (κ2) is 8.03. The number of rotatable bonds is 4. The van der Waals surface area contributed by atoms with Crippen LogP contribution >= 0.6 is 34.5 Å². The van der Waals surface area contributed by atoms with E-state index in [4.69, 9.17) is 27.9 Å². The fourth-order valence-corrected chi connectivity index (χ4v) is 4.24. The number of carbonyl (C=O) groups excluding carboxylic acids is 2. The monoisotopic (exact) mass is 408 g/mol. The highest BCUT2D eigenvalue weighted by atomic mass is 35.5. The number of amides is 1. The molecule has 0 saturated heterocycles. The molecule has 0 atom stereocenters. The van der Waals surface area contributed by atoms with Gasteiger partial charge in [0.25, 0.3) is 5.91 Å². The fraction of sp³-hybridized carbons (Fsp3) is 0.167. The minimum absolute atomic E-state index is 0.101. The van der Waals surface area contributed by atoms with Gasteiger partial charge >= 0.3 is 5.97 Å². The van der Waals surface area contributed by atoms with Crippen LogP contribution in [0.15, 0.2) is 47.5 Å². The summed E-state index contributed by atoms with van der Waals surface area (Å²) in [5.41, 5.74) is 1.05. The standard InChI is InChI=1S/C18H14Cl2N2O3S/c1-2-25-15(23)10-22-16-13(20)8-12(19)9-14(16)26-18(22)21-17(24)11-6-4-3-5-7-11/h3-9H,2,10H2,1H3. The van der Waals surface area contributed by atoms with Crippen LogP contribution in [0.3, 0.4) is 0 Å². The van der Waals surface area contributed by atoms with Crippen LogP contribution in [0.25, 0.3) is 10.2 Å². The molecule has 134 valence electrons. The normalized spacial score (nSPS) is 11.7. The Bertz CT molecular complexity index is 1040. The third-order valence-corrected chi connectivity index (χ3v) is 5.04. The van der Waals surface area contributed by atoms with E-state index in [1.807, 2.05) is 6.07 Å². The smallest absolute Gasteiger partial charge is 0.326 e. The molecule has 0 fully saturated rings. The number of benzene rings is 2. The van der Waals surface area contributed by atoms with Gasteiger partial charge in [-0.05, 0) is 31.2 Å². The predicted molar refractivity (Wildman–Crippen MR) is 103 cm³/mol. The summed E-state index contributed by atoms with van der Waals surface area (Å²) in [5.74, 6) is -0.844. The van der Waals surface area contributed by atoms with Gasteiger partial charge in [-0.2, -0.15) is 4.99 Å². The zero-order valence-electron chi connectivity index (χ0n) is 13.7. The summed E-state index contributed by atoms with van der Waals surface area (Å²) < 4.78 is 7.33. The van der Waals surface area contributed by atoms with Crippen LogP contribution < -0.4 is 4.80 Å². The Balaban J connectivity index is 2.17. The van der Waals surface area contributed by atoms with Gasteiger partial charge in [-0.25, -0.2) is 0 Å². The van der Waals surface area contributed by atoms with Gasteiger partial charge in [0.15, 0.2) is 4.80 Å². The molecule has 1 amide bonds. The summed E-state index contributed by atoms with van der Waals surface area (Å²) >= 11 is 13.6. The highest BCUT2D eigenvalue weighted by Gasteiger charge is 2.16. The van der Waals surface area contributed by atoms with Gasteiger partial charge in [-0.1, -0.05) is 52.7 Å². The Morgan fingerprint density at radius 2 is 1.92 bits per heavy atom. The molecule has 0 spiro atoms. The third-order valence-electron chi connectivity index (χ3n) is 3.51. The highest BCUT2D eigenvalue weighted by Crippen LogP contribution is 2.29. The lowest BCUT2D eigenvalue weighted by Crippen LogP contribution is -2.23. The van der Waals surface area contributed by atoms with Gasteiger partial charge in [0.05, 0.1) is 21.8 Å². The van der Waals surface area contributed by atoms with Gasteiger partial charge in [-0.15, -0.1) is 0 Å². The maximum atomic E-state index is 12.5. The molecule has 1 heterocycles. The van der Waals surface area contributed by atoms with Crippen molar-refractivity contribution in [2.24, 2.45) is 4.99 Å². The molecule has 5 nitrogen and oxygen atoms in total. The van der Waals surface area contributed by atoms with Crippen LogP contribution in [0, 0.1) is 0 Å². The second-order valence-electron chi connectivity index (χ2n) is 5.29. The van der Waals surface area contributed by atoms with E-state index in [9.17, 15) is 9.59 Å². The molecule has 0 aliphatic rings. The number of ether oxygens (including phenoxy) is 1. The number of hydrogen-bond acceptors (Lipinski definition) is 4. The first-order valence-corrected chi connectivity index (χ1v) is 9.35. The maximum Gasteiger partial charge on any atom is 0.326 e. The number of carbonyl (C=O) groups is 2. The molecule has 8 heteroatoms. The predicted octanol–water partition coefficient (Wildman–Crippen LogP) is 4.31. The van der Waals surface area contributed by atoms with Crippen molar-refractivity contribution in [1.29, 1.82) is 0 Å². The van der Waals surface area contributed by atoms with E-state index in [2.05, 4.69) is 4.99 Å². The second-order valence-corrected chi connectivity index (χ2v) is 7.15. The Morgan fingerprint density at radius 1 is 1.19 bits per heavy atom. The van der Waals surface area contributed by atoms with Crippen molar-refractivity contribution in [3.8, 4) is 0 Å². The van der Waals surface area contributed by atoms with Crippen LogP contribution in [0.2, 0.25) is 10.0 Å². The summed E-state index contributed by atoms with van der Waals surface area (Å²) in [6.07, 6.45) is 0. The van der Waals surface area contributed by atoms with E-state index < -0.39 is 11.9 Å².